The lowest BCUT2D eigenvalue weighted by atomic mass is 10.0. The summed E-state index contributed by atoms with van der Waals surface area (Å²) in [5.41, 5.74) is 2.34. The molecule has 0 aliphatic carbocycles. The number of hydrogen-bond acceptors (Lipinski definition) is 5. The van der Waals surface area contributed by atoms with Gasteiger partial charge in [-0.25, -0.2) is 4.79 Å². The Labute approximate surface area is 166 Å². The van der Waals surface area contributed by atoms with Crippen LogP contribution in [0.3, 0.4) is 0 Å². The molecule has 1 aromatic carbocycles. The SMILES string of the molecule is COC(=O)c1cccc(CC(=O)N(C)C(CN2CCCC2)c2ccncc2)c1. The number of hydrogen-bond donors (Lipinski definition) is 0. The zero-order valence-electron chi connectivity index (χ0n) is 16.5. The number of carbonyl (C=O) groups is 2. The molecule has 1 aliphatic rings. The van der Waals surface area contributed by atoms with Crippen LogP contribution in [0.15, 0.2) is 48.8 Å². The van der Waals surface area contributed by atoms with Crippen LogP contribution < -0.4 is 0 Å². The normalized spacial score (nSPS) is 15.2. The minimum atomic E-state index is -0.397. The first-order chi connectivity index (χ1) is 13.6. The first kappa shape index (κ1) is 20.0. The fourth-order valence-electron chi connectivity index (χ4n) is 3.65. The van der Waals surface area contributed by atoms with Gasteiger partial charge in [-0.15, -0.1) is 0 Å². The van der Waals surface area contributed by atoms with Gasteiger partial charge in [0.05, 0.1) is 25.1 Å². The van der Waals surface area contributed by atoms with Crippen LogP contribution in [-0.2, 0) is 16.0 Å². The molecule has 0 radical (unpaired) electrons. The fraction of sp³-hybridized carbons (Fsp3) is 0.409. The second kappa shape index (κ2) is 9.46. The van der Waals surface area contributed by atoms with Crippen LogP contribution in [-0.4, -0.2) is 60.5 Å². The zero-order valence-corrected chi connectivity index (χ0v) is 16.5. The molecule has 148 valence electrons. The number of esters is 1. The molecule has 0 saturated carbocycles. The summed E-state index contributed by atoms with van der Waals surface area (Å²) in [6, 6.07) is 11.0. The highest BCUT2D eigenvalue weighted by molar-refractivity contribution is 5.90. The van der Waals surface area contributed by atoms with Crippen molar-refractivity contribution < 1.29 is 14.3 Å². The molecule has 3 rings (SSSR count). The minimum Gasteiger partial charge on any atom is -0.465 e. The highest BCUT2D eigenvalue weighted by Gasteiger charge is 2.25. The average molecular weight is 381 g/mol. The first-order valence-electron chi connectivity index (χ1n) is 9.63. The number of aromatic nitrogens is 1. The summed E-state index contributed by atoms with van der Waals surface area (Å²) in [6.45, 7) is 2.96. The van der Waals surface area contributed by atoms with Crippen LogP contribution in [0.1, 0.15) is 40.4 Å². The molecule has 1 amide bonds. The van der Waals surface area contributed by atoms with Crippen LogP contribution in [0.25, 0.3) is 0 Å². The van der Waals surface area contributed by atoms with Crippen molar-refractivity contribution in [1.82, 2.24) is 14.8 Å². The molecule has 0 spiro atoms. The fourth-order valence-corrected chi connectivity index (χ4v) is 3.65. The number of amides is 1. The molecule has 6 nitrogen and oxygen atoms in total. The number of likely N-dealkylation sites (tertiary alicyclic amines) is 1. The van der Waals surface area contributed by atoms with Crippen molar-refractivity contribution in [3.8, 4) is 0 Å². The van der Waals surface area contributed by atoms with Crippen molar-refractivity contribution in [2.75, 3.05) is 33.8 Å². The Morgan fingerprint density at radius 1 is 1.18 bits per heavy atom. The van der Waals surface area contributed by atoms with E-state index in [1.54, 1.807) is 30.6 Å². The van der Waals surface area contributed by atoms with Crippen molar-refractivity contribution in [2.24, 2.45) is 0 Å². The van der Waals surface area contributed by atoms with Crippen molar-refractivity contribution in [2.45, 2.75) is 25.3 Å². The van der Waals surface area contributed by atoms with E-state index in [2.05, 4.69) is 9.88 Å². The van der Waals surface area contributed by atoms with Gasteiger partial charge in [0.2, 0.25) is 5.91 Å². The standard InChI is InChI=1S/C22H27N3O3/c1-24(21(26)15-17-6-5-7-19(14-17)22(27)28-2)20(16-25-12-3-4-13-25)18-8-10-23-11-9-18/h5-11,14,20H,3-4,12-13,15-16H2,1-2H3. The quantitative estimate of drug-likeness (QED) is 0.690. The molecule has 1 saturated heterocycles. The summed E-state index contributed by atoms with van der Waals surface area (Å²) in [6.07, 6.45) is 6.19. The van der Waals surface area contributed by atoms with E-state index in [-0.39, 0.29) is 18.4 Å². The molecule has 1 aliphatic heterocycles. The van der Waals surface area contributed by atoms with E-state index in [4.69, 9.17) is 4.74 Å². The molecule has 6 heteroatoms. The monoisotopic (exact) mass is 381 g/mol. The van der Waals surface area contributed by atoms with Crippen LogP contribution in [0, 0.1) is 0 Å². The van der Waals surface area contributed by atoms with Gasteiger partial charge in [-0.1, -0.05) is 12.1 Å². The Balaban J connectivity index is 1.75. The van der Waals surface area contributed by atoms with Crippen LogP contribution in [0.4, 0.5) is 0 Å². The highest BCUT2D eigenvalue weighted by Crippen LogP contribution is 2.23. The second-order valence-corrected chi connectivity index (χ2v) is 7.18. The minimum absolute atomic E-state index is 0.0167. The van der Waals surface area contributed by atoms with Gasteiger partial charge in [0, 0.05) is 26.0 Å². The van der Waals surface area contributed by atoms with E-state index in [1.165, 1.54) is 20.0 Å². The summed E-state index contributed by atoms with van der Waals surface area (Å²) in [7, 11) is 3.21. The Morgan fingerprint density at radius 3 is 2.57 bits per heavy atom. The third kappa shape index (κ3) is 4.95. The van der Waals surface area contributed by atoms with E-state index in [0.717, 1.165) is 30.8 Å². The summed E-state index contributed by atoms with van der Waals surface area (Å²) in [5, 5.41) is 0. The Kier molecular flexibility index (Phi) is 6.76. The van der Waals surface area contributed by atoms with Gasteiger partial charge in [-0.3, -0.25) is 9.78 Å². The maximum Gasteiger partial charge on any atom is 0.337 e. The summed E-state index contributed by atoms with van der Waals surface area (Å²) >= 11 is 0. The molecule has 1 unspecified atom stereocenters. The number of rotatable bonds is 7. The number of ether oxygens (including phenoxy) is 1. The first-order valence-corrected chi connectivity index (χ1v) is 9.63. The molecule has 2 aromatic rings. The van der Waals surface area contributed by atoms with Gasteiger partial charge in [-0.2, -0.15) is 0 Å². The third-order valence-electron chi connectivity index (χ3n) is 5.29. The van der Waals surface area contributed by atoms with Crippen molar-refractivity contribution >= 4 is 11.9 Å². The maximum atomic E-state index is 13.0. The largest absolute Gasteiger partial charge is 0.465 e. The molecule has 1 aromatic heterocycles. The van der Waals surface area contributed by atoms with Crippen molar-refractivity contribution in [1.29, 1.82) is 0 Å². The topological polar surface area (TPSA) is 62.7 Å². The number of nitrogens with zero attached hydrogens (tertiary/aromatic N) is 3. The molecule has 2 heterocycles. The summed E-state index contributed by atoms with van der Waals surface area (Å²) in [4.78, 5) is 33.1. The van der Waals surface area contributed by atoms with E-state index in [1.807, 2.05) is 30.1 Å². The van der Waals surface area contributed by atoms with Gasteiger partial charge in [0.1, 0.15) is 0 Å². The average Bonchev–Trinajstić information content (AvgIpc) is 3.25. The number of likely N-dealkylation sites (N-methyl/N-ethyl adjacent to an activating group) is 1. The Bertz CT molecular complexity index is 804. The number of carbonyl (C=O) groups excluding carboxylic acids is 2. The molecular weight excluding hydrogens is 354 g/mol. The lowest BCUT2D eigenvalue weighted by molar-refractivity contribution is -0.131. The predicted octanol–water partition coefficient (Wildman–Crippen LogP) is 2.71. The van der Waals surface area contributed by atoms with Crippen LogP contribution in [0.5, 0.6) is 0 Å². The van der Waals surface area contributed by atoms with Crippen molar-refractivity contribution in [3.05, 3.63) is 65.5 Å². The predicted molar refractivity (Wildman–Crippen MR) is 107 cm³/mol. The van der Waals surface area contributed by atoms with Gasteiger partial charge in [0.15, 0.2) is 0 Å². The van der Waals surface area contributed by atoms with Crippen LogP contribution >= 0.6 is 0 Å². The second-order valence-electron chi connectivity index (χ2n) is 7.18. The zero-order chi connectivity index (χ0) is 19.9. The van der Waals surface area contributed by atoms with Gasteiger partial charge in [0.25, 0.3) is 0 Å². The van der Waals surface area contributed by atoms with Crippen LogP contribution in [0.2, 0.25) is 0 Å². The molecule has 1 fully saturated rings. The van der Waals surface area contributed by atoms with E-state index in [9.17, 15) is 9.59 Å². The third-order valence-corrected chi connectivity index (χ3v) is 5.29. The van der Waals surface area contributed by atoms with Gasteiger partial charge in [-0.05, 0) is 61.3 Å². The molecular formula is C22H27N3O3. The van der Waals surface area contributed by atoms with Gasteiger partial charge < -0.3 is 14.5 Å². The molecule has 0 bridgehead atoms. The van der Waals surface area contributed by atoms with Gasteiger partial charge >= 0.3 is 5.97 Å². The Hall–Kier alpha value is -2.73. The highest BCUT2D eigenvalue weighted by atomic mass is 16.5. The van der Waals surface area contributed by atoms with E-state index >= 15 is 0 Å². The number of pyridine rings is 1. The summed E-state index contributed by atoms with van der Waals surface area (Å²) in [5.74, 6) is -0.380. The van der Waals surface area contributed by atoms with E-state index in [0.29, 0.717) is 5.56 Å². The summed E-state index contributed by atoms with van der Waals surface area (Å²) < 4.78 is 4.77. The maximum absolute atomic E-state index is 13.0. The number of benzene rings is 1. The smallest absolute Gasteiger partial charge is 0.337 e. The lowest BCUT2D eigenvalue weighted by Crippen LogP contribution is -2.39. The van der Waals surface area contributed by atoms with E-state index < -0.39 is 5.97 Å². The lowest BCUT2D eigenvalue weighted by Gasteiger charge is -2.32. The molecule has 28 heavy (non-hydrogen) atoms. The Morgan fingerprint density at radius 2 is 1.89 bits per heavy atom. The number of methoxy groups -OCH3 is 1. The van der Waals surface area contributed by atoms with Crippen molar-refractivity contribution in [3.63, 3.8) is 0 Å². The molecule has 0 N–H and O–H groups in total. The molecule has 1 atom stereocenters.